The highest BCUT2D eigenvalue weighted by molar-refractivity contribution is 7.89. The number of benzene rings is 2. The molecule has 1 amide bonds. The zero-order chi connectivity index (χ0) is 24.6. The topological polar surface area (TPSA) is 128 Å². The van der Waals surface area contributed by atoms with Crippen LogP contribution in [0, 0.1) is 0 Å². The lowest BCUT2D eigenvalue weighted by atomic mass is 10.1. The van der Waals surface area contributed by atoms with Crippen molar-refractivity contribution in [2.45, 2.75) is 37.3 Å². The van der Waals surface area contributed by atoms with Gasteiger partial charge >= 0.3 is 5.97 Å². The van der Waals surface area contributed by atoms with Crippen LogP contribution in [-0.2, 0) is 24.3 Å². The molecule has 1 heterocycles. The number of ether oxygens (including phenoxy) is 1. The summed E-state index contributed by atoms with van der Waals surface area (Å²) in [4.78, 5) is 28.6. The number of amides is 1. The Balaban J connectivity index is 1.83. The molecule has 0 aliphatic heterocycles. The molecule has 2 N–H and O–H groups in total. The van der Waals surface area contributed by atoms with E-state index >= 15 is 0 Å². The summed E-state index contributed by atoms with van der Waals surface area (Å²) in [5.74, 6) is -1.06. The fourth-order valence-electron chi connectivity index (χ4n) is 3.24. The predicted octanol–water partition coefficient (Wildman–Crippen LogP) is 3.13. The van der Waals surface area contributed by atoms with Crippen LogP contribution in [0.3, 0.4) is 0 Å². The molecular weight excluding hydrogens is 458 g/mol. The maximum atomic E-state index is 13.1. The van der Waals surface area contributed by atoms with E-state index in [4.69, 9.17) is 9.15 Å². The number of carbonyl (C=O) groups excluding carboxylic acids is 2. The molecule has 1 atom stereocenters. The van der Waals surface area contributed by atoms with Crippen LogP contribution in [0.15, 0.2) is 70.1 Å². The second-order valence-corrected chi connectivity index (χ2v) is 9.18. The fraction of sp³-hybridized carbons (Fsp3) is 0.292. The molecule has 0 saturated carbocycles. The van der Waals surface area contributed by atoms with Crippen LogP contribution in [0.2, 0.25) is 0 Å². The maximum Gasteiger partial charge on any atom is 0.328 e. The summed E-state index contributed by atoms with van der Waals surface area (Å²) < 4.78 is 39.1. The summed E-state index contributed by atoms with van der Waals surface area (Å²) in [6.45, 7) is 1.37. The number of nitrogens with zero attached hydrogens (tertiary/aromatic N) is 1. The SMILES string of the molecule is CCCCC(NC(=O)CNS(=O)(=O)c1nc(-c2ccccc2)oc1-c1ccccc1)C(=O)OC. The van der Waals surface area contributed by atoms with E-state index < -0.39 is 34.5 Å². The molecule has 34 heavy (non-hydrogen) atoms. The van der Waals surface area contributed by atoms with Gasteiger partial charge in [0.2, 0.25) is 16.8 Å². The zero-order valence-corrected chi connectivity index (χ0v) is 19.8. The smallest absolute Gasteiger partial charge is 0.328 e. The Labute approximate surface area is 198 Å². The molecular formula is C24H27N3O6S. The van der Waals surface area contributed by atoms with Gasteiger partial charge in [0, 0.05) is 11.1 Å². The van der Waals surface area contributed by atoms with Gasteiger partial charge in [-0.05, 0) is 18.6 Å². The minimum absolute atomic E-state index is 0.0581. The Morgan fingerprint density at radius 3 is 2.24 bits per heavy atom. The molecule has 0 spiro atoms. The fourth-order valence-corrected chi connectivity index (χ4v) is 4.30. The number of aromatic nitrogens is 1. The lowest BCUT2D eigenvalue weighted by molar-refractivity contribution is -0.145. The van der Waals surface area contributed by atoms with Gasteiger partial charge in [-0.15, -0.1) is 0 Å². The number of carbonyl (C=O) groups is 2. The van der Waals surface area contributed by atoms with E-state index in [1.165, 1.54) is 7.11 Å². The standard InChI is InChI=1S/C24H27N3O6S/c1-3-4-15-19(24(29)32-2)26-20(28)16-25-34(30,31)23-21(17-11-7-5-8-12-17)33-22(27-23)18-13-9-6-10-14-18/h5-14,19,25H,3-4,15-16H2,1-2H3,(H,26,28). The minimum atomic E-state index is -4.23. The number of oxazole rings is 1. The summed E-state index contributed by atoms with van der Waals surface area (Å²) in [7, 11) is -3.00. The van der Waals surface area contributed by atoms with Crippen molar-refractivity contribution < 1.29 is 27.2 Å². The number of hydrogen-bond acceptors (Lipinski definition) is 7. The van der Waals surface area contributed by atoms with Crippen LogP contribution in [0.1, 0.15) is 26.2 Å². The van der Waals surface area contributed by atoms with Gasteiger partial charge < -0.3 is 14.5 Å². The molecule has 1 aromatic heterocycles. The molecule has 3 rings (SSSR count). The lowest BCUT2D eigenvalue weighted by Gasteiger charge is -2.16. The first kappa shape index (κ1) is 25.1. The average molecular weight is 486 g/mol. The minimum Gasteiger partial charge on any atom is -0.467 e. The highest BCUT2D eigenvalue weighted by Gasteiger charge is 2.28. The predicted molar refractivity (Wildman–Crippen MR) is 126 cm³/mol. The largest absolute Gasteiger partial charge is 0.467 e. The van der Waals surface area contributed by atoms with Gasteiger partial charge in [0.05, 0.1) is 13.7 Å². The normalized spacial score (nSPS) is 12.2. The first-order chi connectivity index (χ1) is 16.4. The zero-order valence-electron chi connectivity index (χ0n) is 19.0. The van der Waals surface area contributed by atoms with Crippen molar-refractivity contribution in [2.24, 2.45) is 0 Å². The van der Waals surface area contributed by atoms with Gasteiger partial charge in [-0.1, -0.05) is 68.3 Å². The summed E-state index contributed by atoms with van der Waals surface area (Å²) in [6.07, 6.45) is 1.92. The van der Waals surface area contributed by atoms with Crippen LogP contribution in [0.5, 0.6) is 0 Å². The molecule has 0 aliphatic rings. The molecule has 10 heteroatoms. The number of esters is 1. The van der Waals surface area contributed by atoms with Gasteiger partial charge in [0.15, 0.2) is 5.76 Å². The van der Waals surface area contributed by atoms with Crippen molar-refractivity contribution in [3.05, 3.63) is 60.7 Å². The Bertz CT molecular complexity index is 1210. The monoisotopic (exact) mass is 485 g/mol. The third-order valence-electron chi connectivity index (χ3n) is 5.00. The van der Waals surface area contributed by atoms with Crippen LogP contribution in [-0.4, -0.2) is 45.0 Å². The van der Waals surface area contributed by atoms with Crippen LogP contribution >= 0.6 is 0 Å². The summed E-state index contributed by atoms with van der Waals surface area (Å²) >= 11 is 0. The molecule has 180 valence electrons. The number of unbranched alkanes of at least 4 members (excludes halogenated alkanes) is 1. The summed E-state index contributed by atoms with van der Waals surface area (Å²) in [6, 6.07) is 16.8. The first-order valence-electron chi connectivity index (χ1n) is 10.8. The number of hydrogen-bond donors (Lipinski definition) is 2. The number of rotatable bonds is 11. The molecule has 0 radical (unpaired) electrons. The van der Waals surface area contributed by atoms with E-state index in [2.05, 4.69) is 15.0 Å². The Kier molecular flexibility index (Phi) is 8.55. The van der Waals surface area contributed by atoms with E-state index in [0.717, 1.165) is 6.42 Å². The quantitative estimate of drug-likeness (QED) is 0.399. The van der Waals surface area contributed by atoms with Gasteiger partial charge in [0.1, 0.15) is 6.04 Å². The van der Waals surface area contributed by atoms with Crippen molar-refractivity contribution in [3.8, 4) is 22.8 Å². The van der Waals surface area contributed by atoms with Crippen molar-refractivity contribution in [2.75, 3.05) is 13.7 Å². The van der Waals surface area contributed by atoms with Gasteiger partial charge in [-0.2, -0.15) is 4.98 Å². The van der Waals surface area contributed by atoms with Crippen LogP contribution in [0.4, 0.5) is 0 Å². The molecule has 0 fully saturated rings. The van der Waals surface area contributed by atoms with E-state index in [9.17, 15) is 18.0 Å². The number of nitrogens with one attached hydrogen (secondary N) is 2. The number of sulfonamides is 1. The summed E-state index contributed by atoms with van der Waals surface area (Å²) in [5, 5.41) is 2.19. The number of methoxy groups -OCH3 is 1. The second-order valence-electron chi connectivity index (χ2n) is 7.50. The van der Waals surface area contributed by atoms with E-state index in [1.54, 1.807) is 54.6 Å². The molecule has 0 aliphatic carbocycles. The molecule has 0 bridgehead atoms. The molecule has 9 nitrogen and oxygen atoms in total. The molecule has 0 saturated heterocycles. The molecule has 3 aromatic rings. The Morgan fingerprint density at radius 1 is 1.03 bits per heavy atom. The maximum absolute atomic E-state index is 13.1. The van der Waals surface area contributed by atoms with E-state index in [-0.39, 0.29) is 16.7 Å². The van der Waals surface area contributed by atoms with Crippen molar-refractivity contribution in [1.29, 1.82) is 0 Å². The van der Waals surface area contributed by atoms with Crippen molar-refractivity contribution in [1.82, 2.24) is 15.0 Å². The highest BCUT2D eigenvalue weighted by Crippen LogP contribution is 2.32. The van der Waals surface area contributed by atoms with E-state index in [1.807, 2.05) is 13.0 Å². The van der Waals surface area contributed by atoms with Gasteiger partial charge in [0.25, 0.3) is 10.0 Å². The average Bonchev–Trinajstić information content (AvgIpc) is 3.33. The first-order valence-corrected chi connectivity index (χ1v) is 12.3. The molecule has 1 unspecified atom stereocenters. The lowest BCUT2D eigenvalue weighted by Crippen LogP contribution is -2.46. The van der Waals surface area contributed by atoms with Gasteiger partial charge in [-0.25, -0.2) is 17.9 Å². The molecule has 2 aromatic carbocycles. The Morgan fingerprint density at radius 2 is 1.65 bits per heavy atom. The highest BCUT2D eigenvalue weighted by atomic mass is 32.2. The van der Waals surface area contributed by atoms with Crippen LogP contribution in [0.25, 0.3) is 22.8 Å². The summed E-state index contributed by atoms with van der Waals surface area (Å²) in [5.41, 5.74) is 1.13. The Hall–Kier alpha value is -3.50. The van der Waals surface area contributed by atoms with Crippen molar-refractivity contribution in [3.63, 3.8) is 0 Å². The van der Waals surface area contributed by atoms with E-state index in [0.29, 0.717) is 24.0 Å². The third-order valence-corrected chi connectivity index (χ3v) is 6.31. The second kappa shape index (κ2) is 11.6. The van der Waals surface area contributed by atoms with Crippen LogP contribution < -0.4 is 10.0 Å². The third kappa shape index (κ3) is 6.30. The van der Waals surface area contributed by atoms with Gasteiger partial charge in [-0.3, -0.25) is 4.79 Å². The van der Waals surface area contributed by atoms with Crippen molar-refractivity contribution >= 4 is 21.9 Å².